The molecule has 188 valence electrons. The number of hydrogen-bond acceptors (Lipinski definition) is 5. The van der Waals surface area contributed by atoms with Crippen LogP contribution in [0.4, 0.5) is 5.82 Å². The molecule has 1 amide bonds. The standard InChI is InChI=1S/C29H33N3O4/c1-18-6-7-21(14-19(18)2)17-36-26-5-3-4-25(26)32-29(35)24-15-23(16-31-28(24)30)22-11-8-20(9-12-22)10-13-27(33)34/h6-9,11-12,14-16,25-26H,3-5,10,13,17H2,1-2H3,(H2,30,31)(H,32,35)(H,33,34)/t25-,26-/m0/s1. The summed E-state index contributed by atoms with van der Waals surface area (Å²) in [5, 5.41) is 12.0. The molecular weight excluding hydrogens is 454 g/mol. The Hall–Kier alpha value is -3.71. The Morgan fingerprint density at radius 3 is 2.50 bits per heavy atom. The maximum atomic E-state index is 13.2. The van der Waals surface area contributed by atoms with E-state index in [1.54, 1.807) is 12.3 Å². The number of hydrogen-bond donors (Lipinski definition) is 3. The highest BCUT2D eigenvalue weighted by atomic mass is 16.5. The first kappa shape index (κ1) is 25.4. The van der Waals surface area contributed by atoms with Crippen molar-refractivity contribution in [1.82, 2.24) is 10.3 Å². The van der Waals surface area contributed by atoms with Crippen LogP contribution in [0.1, 0.15) is 58.3 Å². The molecule has 7 heteroatoms. The van der Waals surface area contributed by atoms with Gasteiger partial charge in [0.15, 0.2) is 0 Å². The number of nitrogens with one attached hydrogen (secondary N) is 1. The minimum atomic E-state index is -0.822. The Kier molecular flexibility index (Phi) is 8.00. The zero-order valence-corrected chi connectivity index (χ0v) is 20.8. The number of nitrogens with zero attached hydrogens (tertiary/aromatic N) is 1. The molecule has 2 aromatic carbocycles. The molecule has 0 radical (unpaired) electrons. The smallest absolute Gasteiger partial charge is 0.303 e. The second-order valence-electron chi connectivity index (χ2n) is 9.53. The summed E-state index contributed by atoms with van der Waals surface area (Å²) in [7, 11) is 0. The number of nitrogens with two attached hydrogens (primary N) is 1. The van der Waals surface area contributed by atoms with Crippen molar-refractivity contribution in [3.63, 3.8) is 0 Å². The zero-order chi connectivity index (χ0) is 25.7. The van der Waals surface area contributed by atoms with Crippen LogP contribution in [0.25, 0.3) is 11.1 Å². The molecule has 7 nitrogen and oxygen atoms in total. The second-order valence-corrected chi connectivity index (χ2v) is 9.53. The maximum absolute atomic E-state index is 13.2. The van der Waals surface area contributed by atoms with E-state index in [1.165, 1.54) is 11.1 Å². The summed E-state index contributed by atoms with van der Waals surface area (Å²) in [6.45, 7) is 4.70. The second kappa shape index (κ2) is 11.4. The van der Waals surface area contributed by atoms with Crippen LogP contribution in [0.2, 0.25) is 0 Å². The first-order valence-electron chi connectivity index (χ1n) is 12.4. The fraction of sp³-hybridized carbons (Fsp3) is 0.345. The van der Waals surface area contributed by atoms with E-state index >= 15 is 0 Å². The number of carboxylic acid groups (broad SMARTS) is 1. The molecule has 4 rings (SSSR count). The molecule has 36 heavy (non-hydrogen) atoms. The number of benzene rings is 2. The highest BCUT2D eigenvalue weighted by molar-refractivity contribution is 5.99. The Morgan fingerprint density at radius 2 is 1.78 bits per heavy atom. The molecule has 1 aliphatic rings. The van der Waals surface area contributed by atoms with E-state index in [2.05, 4.69) is 42.3 Å². The van der Waals surface area contributed by atoms with Crippen LogP contribution < -0.4 is 11.1 Å². The fourth-order valence-corrected chi connectivity index (χ4v) is 4.56. The molecule has 3 aromatic rings. The molecule has 1 aliphatic carbocycles. The van der Waals surface area contributed by atoms with Crippen molar-refractivity contribution >= 4 is 17.7 Å². The topological polar surface area (TPSA) is 115 Å². The van der Waals surface area contributed by atoms with Crippen LogP contribution >= 0.6 is 0 Å². The van der Waals surface area contributed by atoms with Crippen molar-refractivity contribution in [3.8, 4) is 11.1 Å². The van der Waals surface area contributed by atoms with Gasteiger partial charge in [-0.25, -0.2) is 4.98 Å². The summed E-state index contributed by atoms with van der Waals surface area (Å²) < 4.78 is 6.20. The number of carboxylic acids is 1. The highest BCUT2D eigenvalue weighted by Crippen LogP contribution is 2.26. The third kappa shape index (κ3) is 6.29. The Labute approximate surface area is 211 Å². The van der Waals surface area contributed by atoms with E-state index < -0.39 is 5.97 Å². The van der Waals surface area contributed by atoms with Gasteiger partial charge in [0.1, 0.15) is 5.82 Å². The summed E-state index contributed by atoms with van der Waals surface area (Å²) in [6, 6.07) is 15.6. The van der Waals surface area contributed by atoms with Gasteiger partial charge in [-0.1, -0.05) is 42.5 Å². The summed E-state index contributed by atoms with van der Waals surface area (Å²) in [5.41, 5.74) is 12.6. The van der Waals surface area contributed by atoms with Crippen LogP contribution in [0.3, 0.4) is 0 Å². The number of aliphatic carboxylic acids is 1. The number of carbonyl (C=O) groups is 2. The minimum Gasteiger partial charge on any atom is -0.481 e. The third-order valence-electron chi connectivity index (χ3n) is 6.88. The van der Waals surface area contributed by atoms with Crippen molar-refractivity contribution in [2.75, 3.05) is 5.73 Å². The van der Waals surface area contributed by atoms with Gasteiger partial charge in [0.25, 0.3) is 5.91 Å². The van der Waals surface area contributed by atoms with E-state index in [9.17, 15) is 9.59 Å². The van der Waals surface area contributed by atoms with Gasteiger partial charge in [-0.15, -0.1) is 0 Å². The number of anilines is 1. The zero-order valence-electron chi connectivity index (χ0n) is 20.8. The molecule has 2 atom stereocenters. The lowest BCUT2D eigenvalue weighted by Gasteiger charge is -2.22. The van der Waals surface area contributed by atoms with Crippen molar-refractivity contribution in [2.24, 2.45) is 0 Å². The molecule has 0 saturated heterocycles. The van der Waals surface area contributed by atoms with Gasteiger partial charge in [-0.05, 0) is 73.4 Å². The predicted octanol–water partition coefficient (Wildman–Crippen LogP) is 4.83. The normalized spacial score (nSPS) is 17.2. The van der Waals surface area contributed by atoms with E-state index in [1.807, 2.05) is 24.3 Å². The summed E-state index contributed by atoms with van der Waals surface area (Å²) in [5.74, 6) is -0.899. The maximum Gasteiger partial charge on any atom is 0.303 e. The van der Waals surface area contributed by atoms with Crippen LogP contribution in [0, 0.1) is 13.8 Å². The SMILES string of the molecule is Cc1ccc(CO[C@H]2CCC[C@@H]2NC(=O)c2cc(-c3ccc(CCC(=O)O)cc3)cnc2N)cc1C. The molecular formula is C29H33N3O4. The summed E-state index contributed by atoms with van der Waals surface area (Å²) in [6.07, 6.45) is 4.90. The Morgan fingerprint density at radius 1 is 1.03 bits per heavy atom. The lowest BCUT2D eigenvalue weighted by Crippen LogP contribution is -2.41. The molecule has 4 N–H and O–H groups in total. The van der Waals surface area contributed by atoms with Crippen LogP contribution in [0.15, 0.2) is 54.7 Å². The Balaban J connectivity index is 1.41. The molecule has 1 aromatic heterocycles. The van der Waals surface area contributed by atoms with Crippen molar-refractivity contribution < 1.29 is 19.4 Å². The fourth-order valence-electron chi connectivity index (χ4n) is 4.56. The predicted molar refractivity (Wildman–Crippen MR) is 140 cm³/mol. The monoisotopic (exact) mass is 487 g/mol. The largest absolute Gasteiger partial charge is 0.481 e. The number of carbonyl (C=O) groups excluding carboxylic acids is 1. The number of amides is 1. The summed E-state index contributed by atoms with van der Waals surface area (Å²) in [4.78, 5) is 28.2. The van der Waals surface area contributed by atoms with Crippen LogP contribution in [0.5, 0.6) is 0 Å². The van der Waals surface area contributed by atoms with Crippen LogP contribution in [-0.4, -0.2) is 34.1 Å². The number of aryl methyl sites for hydroxylation is 3. The number of rotatable bonds is 9. The number of ether oxygens (including phenoxy) is 1. The van der Waals surface area contributed by atoms with Crippen molar-refractivity contribution in [2.45, 2.75) is 64.7 Å². The highest BCUT2D eigenvalue weighted by Gasteiger charge is 2.30. The van der Waals surface area contributed by atoms with E-state index in [0.717, 1.165) is 41.5 Å². The van der Waals surface area contributed by atoms with Gasteiger partial charge in [-0.3, -0.25) is 9.59 Å². The lowest BCUT2D eigenvalue weighted by atomic mass is 10.0. The molecule has 1 saturated carbocycles. The number of aromatic nitrogens is 1. The molecule has 1 fully saturated rings. The van der Waals surface area contributed by atoms with Gasteiger partial charge in [0.2, 0.25) is 0 Å². The molecule has 0 bridgehead atoms. The average molecular weight is 488 g/mol. The first-order valence-corrected chi connectivity index (χ1v) is 12.4. The van der Waals surface area contributed by atoms with Gasteiger partial charge in [0.05, 0.1) is 24.3 Å². The summed E-state index contributed by atoms with van der Waals surface area (Å²) >= 11 is 0. The molecule has 0 unspecified atom stereocenters. The van der Waals surface area contributed by atoms with Crippen LogP contribution in [-0.2, 0) is 22.6 Å². The van der Waals surface area contributed by atoms with E-state index in [0.29, 0.717) is 18.6 Å². The first-order chi connectivity index (χ1) is 17.3. The lowest BCUT2D eigenvalue weighted by molar-refractivity contribution is -0.136. The van der Waals surface area contributed by atoms with Gasteiger partial charge in [0, 0.05) is 18.2 Å². The number of nitrogen functional groups attached to an aromatic ring is 1. The number of pyridine rings is 1. The molecule has 0 spiro atoms. The van der Waals surface area contributed by atoms with Gasteiger partial charge >= 0.3 is 5.97 Å². The van der Waals surface area contributed by atoms with Crippen molar-refractivity contribution in [3.05, 3.63) is 82.5 Å². The molecule has 1 heterocycles. The minimum absolute atomic E-state index is 0.0497. The molecule has 0 aliphatic heterocycles. The quantitative estimate of drug-likeness (QED) is 0.398. The Bertz CT molecular complexity index is 1240. The van der Waals surface area contributed by atoms with E-state index in [-0.39, 0.29) is 30.3 Å². The van der Waals surface area contributed by atoms with Gasteiger partial charge < -0.3 is 20.9 Å². The van der Waals surface area contributed by atoms with Gasteiger partial charge in [-0.2, -0.15) is 0 Å². The third-order valence-corrected chi connectivity index (χ3v) is 6.88. The average Bonchev–Trinajstić information content (AvgIpc) is 3.30. The van der Waals surface area contributed by atoms with E-state index in [4.69, 9.17) is 15.6 Å². The van der Waals surface area contributed by atoms with Crippen molar-refractivity contribution in [1.29, 1.82) is 0 Å².